The van der Waals surface area contributed by atoms with E-state index in [0.717, 1.165) is 60.7 Å². The largest absolute Gasteiger partial charge is 0.497 e. The van der Waals surface area contributed by atoms with Gasteiger partial charge in [-0.25, -0.2) is 13.4 Å². The first-order chi connectivity index (χ1) is 26.6. The first-order valence-electron chi connectivity index (χ1n) is 20.9. The summed E-state index contributed by atoms with van der Waals surface area (Å²) >= 11 is 0. The molecule has 12 nitrogen and oxygen atoms in total. The summed E-state index contributed by atoms with van der Waals surface area (Å²) in [6.45, 7) is 8.00. The number of amides is 2. The van der Waals surface area contributed by atoms with Gasteiger partial charge in [0, 0.05) is 29.7 Å². The van der Waals surface area contributed by atoms with Gasteiger partial charge in [-0.3, -0.25) is 23.9 Å². The molecule has 306 valence electrons. The number of carbonyl (C=O) groups excluding carboxylic acids is 4. The van der Waals surface area contributed by atoms with E-state index in [1.807, 2.05) is 39.0 Å². The van der Waals surface area contributed by atoms with Crippen molar-refractivity contribution in [2.75, 3.05) is 20.3 Å². The highest BCUT2D eigenvalue weighted by atomic mass is 32.2. The molecular weight excluding hydrogens is 735 g/mol. The number of fused-ring (bicyclic) bond motifs is 5. The fourth-order valence-electron chi connectivity index (χ4n) is 9.36. The summed E-state index contributed by atoms with van der Waals surface area (Å²) in [5.74, 6) is -0.860. The van der Waals surface area contributed by atoms with Crippen molar-refractivity contribution >= 4 is 44.5 Å². The fraction of sp³-hybridized carbons (Fsp3) is 0.698. The second kappa shape index (κ2) is 15.5. The molecule has 0 bridgehead atoms. The molecule has 4 fully saturated rings. The minimum Gasteiger partial charge on any atom is -0.497 e. The van der Waals surface area contributed by atoms with Gasteiger partial charge in [-0.15, -0.1) is 0 Å². The van der Waals surface area contributed by atoms with Gasteiger partial charge in [0.2, 0.25) is 21.8 Å². The van der Waals surface area contributed by atoms with Crippen molar-refractivity contribution in [2.45, 2.75) is 147 Å². The van der Waals surface area contributed by atoms with Crippen LogP contribution in [0.5, 0.6) is 11.5 Å². The Morgan fingerprint density at radius 2 is 1.79 bits per heavy atom. The van der Waals surface area contributed by atoms with Crippen LogP contribution in [0.4, 0.5) is 0 Å². The maximum Gasteiger partial charge on any atom is 0.306 e. The van der Waals surface area contributed by atoms with Crippen molar-refractivity contribution in [3.63, 3.8) is 0 Å². The predicted molar refractivity (Wildman–Crippen MR) is 211 cm³/mol. The number of carbonyl (C=O) groups is 4. The molecule has 4 heterocycles. The Morgan fingerprint density at radius 1 is 1.05 bits per heavy atom. The van der Waals surface area contributed by atoms with Crippen LogP contribution in [0, 0.1) is 23.2 Å². The smallest absolute Gasteiger partial charge is 0.306 e. The molecule has 56 heavy (non-hydrogen) atoms. The van der Waals surface area contributed by atoms with E-state index >= 15 is 0 Å². The number of hydrogen-bond donors (Lipinski definition) is 1. The van der Waals surface area contributed by atoms with Gasteiger partial charge in [-0.1, -0.05) is 52.9 Å². The first kappa shape index (κ1) is 40.5. The van der Waals surface area contributed by atoms with Crippen LogP contribution in [0.3, 0.4) is 0 Å². The quantitative estimate of drug-likeness (QED) is 0.283. The van der Waals surface area contributed by atoms with E-state index < -0.39 is 49.6 Å². The maximum absolute atomic E-state index is 14.9. The zero-order valence-corrected chi connectivity index (χ0v) is 34.6. The lowest BCUT2D eigenvalue weighted by molar-refractivity contribution is -0.151. The van der Waals surface area contributed by atoms with Gasteiger partial charge in [0.05, 0.1) is 54.1 Å². The maximum atomic E-state index is 14.9. The van der Waals surface area contributed by atoms with Gasteiger partial charge >= 0.3 is 5.97 Å². The molecule has 2 aliphatic carbocycles. The van der Waals surface area contributed by atoms with Crippen LogP contribution in [-0.4, -0.2) is 78.5 Å². The summed E-state index contributed by atoms with van der Waals surface area (Å²) in [4.78, 5) is 63.5. The molecule has 1 aromatic heterocycles. The minimum absolute atomic E-state index is 0.0809. The number of aryl methyl sites for hydroxylation is 2. The Morgan fingerprint density at radius 3 is 2.48 bits per heavy atom. The standard InChI is InChI=1S/C43H59N3O9S/c1-6-33-38-31(32-21-30(53-5)14-15-34(32)44-33)16-17-42(55-38)23-35-36(47)24-43(40(50)45-56(51,52)41(4)18-19-41)22-29(43)13-11-9-7-8-10-12-28(39(49)46(35)26-42)20-37(48)54-25-27(2)3/h14-15,21,27-29,35H,6-13,16-20,22-26H2,1-5H3,(H,45,50)/t28-,29-,35+,42-,43-/m1/s1. The van der Waals surface area contributed by atoms with Gasteiger partial charge in [0.1, 0.15) is 17.1 Å². The van der Waals surface area contributed by atoms with E-state index in [9.17, 15) is 27.6 Å². The van der Waals surface area contributed by atoms with Crippen LogP contribution in [0.1, 0.15) is 129 Å². The van der Waals surface area contributed by atoms with E-state index in [-0.39, 0.29) is 55.9 Å². The number of Topliss-reactive ketones (excluding diaryl/α,β-unsaturated/α-hetero) is 1. The second-order valence-corrected chi connectivity index (χ2v) is 20.2. The molecule has 1 N–H and O–H groups in total. The van der Waals surface area contributed by atoms with Crippen molar-refractivity contribution in [3.05, 3.63) is 29.5 Å². The lowest BCUT2D eigenvalue weighted by Crippen LogP contribution is -2.48. The second-order valence-electron chi connectivity index (χ2n) is 18.0. The van der Waals surface area contributed by atoms with Crippen LogP contribution in [-0.2, 0) is 46.8 Å². The summed E-state index contributed by atoms with van der Waals surface area (Å²) in [6, 6.07) is 4.89. The number of ether oxygens (including phenoxy) is 3. The number of hydrogen-bond acceptors (Lipinski definition) is 10. The number of nitrogens with zero attached hydrogens (tertiary/aromatic N) is 2. The van der Waals surface area contributed by atoms with Crippen LogP contribution < -0.4 is 14.2 Å². The number of sulfonamides is 1. The third-order valence-electron chi connectivity index (χ3n) is 13.3. The van der Waals surface area contributed by atoms with Crippen LogP contribution >= 0.6 is 0 Å². The summed E-state index contributed by atoms with van der Waals surface area (Å²) in [5, 5.41) is 0.939. The Kier molecular flexibility index (Phi) is 11.2. The Balaban J connectivity index is 1.23. The number of rotatable bonds is 9. The predicted octanol–water partition coefficient (Wildman–Crippen LogP) is 6.38. The highest BCUT2D eigenvalue weighted by Crippen LogP contribution is 2.59. The molecule has 2 aromatic rings. The molecule has 5 aliphatic rings. The number of benzene rings is 1. The molecule has 13 heteroatoms. The Hall–Kier alpha value is -3.74. The fourth-order valence-corrected chi connectivity index (χ4v) is 10.7. The molecule has 2 amide bonds. The summed E-state index contributed by atoms with van der Waals surface area (Å²) in [5.41, 5.74) is 0.602. The normalized spacial score (nSPS) is 29.0. The molecule has 2 saturated heterocycles. The number of nitrogens with one attached hydrogen (secondary N) is 1. The van der Waals surface area contributed by atoms with Crippen LogP contribution in [0.25, 0.3) is 10.9 Å². The van der Waals surface area contributed by atoms with Crippen LogP contribution in [0.2, 0.25) is 0 Å². The Labute approximate surface area is 331 Å². The minimum atomic E-state index is -3.92. The topological polar surface area (TPSA) is 158 Å². The molecule has 3 aliphatic heterocycles. The zero-order valence-electron chi connectivity index (χ0n) is 33.7. The molecule has 5 atom stereocenters. The van der Waals surface area contributed by atoms with Gasteiger partial charge < -0.3 is 19.1 Å². The molecule has 2 saturated carbocycles. The van der Waals surface area contributed by atoms with E-state index in [1.54, 1.807) is 18.9 Å². The zero-order chi connectivity index (χ0) is 40.0. The average Bonchev–Trinajstić information content (AvgIpc) is 4.06. The van der Waals surface area contributed by atoms with E-state index in [0.29, 0.717) is 56.4 Å². The summed E-state index contributed by atoms with van der Waals surface area (Å²) in [7, 11) is -2.29. The van der Waals surface area contributed by atoms with Gasteiger partial charge in [-0.2, -0.15) is 0 Å². The molecule has 0 radical (unpaired) electrons. The van der Waals surface area contributed by atoms with Gasteiger partial charge in [0.25, 0.3) is 0 Å². The number of esters is 1. The van der Waals surface area contributed by atoms with Crippen molar-refractivity contribution in [1.29, 1.82) is 0 Å². The lowest BCUT2D eigenvalue weighted by Gasteiger charge is -2.37. The highest BCUT2D eigenvalue weighted by molar-refractivity contribution is 7.91. The summed E-state index contributed by atoms with van der Waals surface area (Å²) < 4.78 is 46.1. The molecule has 1 aromatic carbocycles. The number of methoxy groups -OCH3 is 1. The summed E-state index contributed by atoms with van der Waals surface area (Å²) in [6.07, 6.45) is 8.76. The van der Waals surface area contributed by atoms with Crippen molar-refractivity contribution in [2.24, 2.45) is 23.2 Å². The number of pyridine rings is 1. The average molecular weight is 794 g/mol. The number of ketones is 1. The van der Waals surface area contributed by atoms with Crippen molar-refractivity contribution in [3.8, 4) is 11.5 Å². The molecule has 1 spiro atoms. The van der Waals surface area contributed by atoms with E-state index in [2.05, 4.69) is 4.72 Å². The van der Waals surface area contributed by atoms with Gasteiger partial charge in [0.15, 0.2) is 5.78 Å². The third-order valence-corrected chi connectivity index (χ3v) is 15.5. The number of aromatic nitrogens is 1. The first-order valence-corrected chi connectivity index (χ1v) is 22.4. The van der Waals surface area contributed by atoms with E-state index in [1.165, 1.54) is 0 Å². The third kappa shape index (κ3) is 7.90. The van der Waals surface area contributed by atoms with Crippen molar-refractivity contribution < 1.29 is 41.8 Å². The molecule has 7 rings (SSSR count). The SMILES string of the molecule is CCc1nc2ccc(OC)cc2c2c1O[C@]1(CC2)C[C@H]2C(=O)C[C@]3(C(=O)NS(=O)(=O)C4(C)CC4)C[C@H]3CCCCCCC[C@H](CC(=O)OCC(C)C)C(=O)N2C1. The van der Waals surface area contributed by atoms with Crippen molar-refractivity contribution in [1.82, 2.24) is 14.6 Å². The van der Waals surface area contributed by atoms with Crippen LogP contribution in [0.15, 0.2) is 18.2 Å². The lowest BCUT2D eigenvalue weighted by atomic mass is 9.85. The monoisotopic (exact) mass is 793 g/mol. The van der Waals surface area contributed by atoms with E-state index in [4.69, 9.17) is 19.2 Å². The highest BCUT2D eigenvalue weighted by Gasteiger charge is 2.64. The van der Waals surface area contributed by atoms with Gasteiger partial charge in [-0.05, 0) is 88.3 Å². The Bertz CT molecular complexity index is 1990. The molecular formula is C43H59N3O9S. The molecule has 0 unspecified atom stereocenters.